The maximum Gasteiger partial charge on any atom is 0.215 e. The molecule has 17 heavy (non-hydrogen) atoms. The summed E-state index contributed by atoms with van der Waals surface area (Å²) >= 11 is 3.23. The molecule has 1 aromatic rings. The van der Waals surface area contributed by atoms with E-state index in [0.29, 0.717) is 17.7 Å². The summed E-state index contributed by atoms with van der Waals surface area (Å²) in [6.45, 7) is 0.405. The Hall–Kier alpha value is -0.900. The fourth-order valence-electron chi connectivity index (χ4n) is 1.31. The molecule has 0 saturated heterocycles. The van der Waals surface area contributed by atoms with E-state index in [1.54, 1.807) is 24.3 Å². The van der Waals surface area contributed by atoms with Crippen LogP contribution in [-0.4, -0.2) is 20.3 Å². The Morgan fingerprint density at radius 2 is 2.06 bits per heavy atom. The molecule has 0 fully saturated rings. The fourth-order valence-corrected chi connectivity index (χ4v) is 2.80. The molecule has 6 heteroatoms. The summed E-state index contributed by atoms with van der Waals surface area (Å²) in [4.78, 5) is 0. The highest BCUT2D eigenvalue weighted by Crippen LogP contribution is 2.10. The number of sulfonamides is 1. The van der Waals surface area contributed by atoms with Crippen molar-refractivity contribution in [2.75, 3.05) is 11.9 Å². The summed E-state index contributed by atoms with van der Waals surface area (Å²) in [5, 5.41) is 9.61. The first-order valence-corrected chi connectivity index (χ1v) is 7.88. The monoisotopic (exact) mass is 316 g/mol. The SMILES string of the molecule is N#Cc1ccccc1CS(=O)(=O)NCCCBr. The molecular weight excluding hydrogens is 304 g/mol. The van der Waals surface area contributed by atoms with Crippen LogP contribution in [0.25, 0.3) is 0 Å². The largest absolute Gasteiger partial charge is 0.215 e. The van der Waals surface area contributed by atoms with E-state index in [1.165, 1.54) is 0 Å². The molecule has 0 aliphatic carbocycles. The Bertz CT molecular complexity index is 508. The van der Waals surface area contributed by atoms with Gasteiger partial charge in [-0.3, -0.25) is 0 Å². The van der Waals surface area contributed by atoms with E-state index in [-0.39, 0.29) is 5.75 Å². The minimum atomic E-state index is -3.36. The first kappa shape index (κ1) is 14.2. The minimum absolute atomic E-state index is 0.154. The summed E-state index contributed by atoms with van der Waals surface area (Å²) < 4.78 is 25.9. The van der Waals surface area contributed by atoms with Crippen molar-refractivity contribution in [3.8, 4) is 6.07 Å². The Morgan fingerprint density at radius 1 is 1.35 bits per heavy atom. The zero-order valence-corrected chi connectivity index (χ0v) is 11.6. The highest BCUT2D eigenvalue weighted by Gasteiger charge is 2.13. The molecule has 0 spiro atoms. The molecule has 0 aliphatic heterocycles. The van der Waals surface area contributed by atoms with Crippen LogP contribution < -0.4 is 4.72 Å². The second kappa shape index (κ2) is 6.74. The predicted molar refractivity (Wildman–Crippen MR) is 70.2 cm³/mol. The first-order chi connectivity index (χ1) is 8.09. The zero-order valence-electron chi connectivity index (χ0n) is 9.19. The molecule has 0 aromatic heterocycles. The van der Waals surface area contributed by atoms with Crippen molar-refractivity contribution in [3.05, 3.63) is 35.4 Å². The summed E-state index contributed by atoms with van der Waals surface area (Å²) in [7, 11) is -3.36. The van der Waals surface area contributed by atoms with Gasteiger partial charge in [-0.25, -0.2) is 13.1 Å². The molecule has 4 nitrogen and oxygen atoms in total. The Balaban J connectivity index is 2.73. The number of halogens is 1. The topological polar surface area (TPSA) is 70.0 Å². The van der Waals surface area contributed by atoms with Gasteiger partial charge < -0.3 is 0 Å². The maximum absolute atomic E-state index is 11.7. The van der Waals surface area contributed by atoms with Crippen LogP contribution in [0.5, 0.6) is 0 Å². The molecule has 1 N–H and O–H groups in total. The van der Waals surface area contributed by atoms with Gasteiger partial charge in [-0.15, -0.1) is 0 Å². The van der Waals surface area contributed by atoms with Gasteiger partial charge in [-0.1, -0.05) is 34.1 Å². The molecule has 92 valence electrons. The van der Waals surface area contributed by atoms with Crippen LogP contribution in [0.1, 0.15) is 17.5 Å². The lowest BCUT2D eigenvalue weighted by molar-refractivity contribution is 0.580. The molecule has 0 heterocycles. The van der Waals surface area contributed by atoms with Gasteiger partial charge in [0.25, 0.3) is 0 Å². The van der Waals surface area contributed by atoms with Gasteiger partial charge in [-0.05, 0) is 18.1 Å². The van der Waals surface area contributed by atoms with Crippen molar-refractivity contribution in [1.29, 1.82) is 5.26 Å². The lowest BCUT2D eigenvalue weighted by atomic mass is 10.1. The Morgan fingerprint density at radius 3 is 2.71 bits per heavy atom. The molecule has 0 atom stereocenters. The standard InChI is InChI=1S/C11H13BrN2O2S/c12-6-3-7-14-17(15,16)9-11-5-2-1-4-10(11)8-13/h1-2,4-5,14H,3,6-7,9H2. The lowest BCUT2D eigenvalue weighted by Crippen LogP contribution is -2.26. The molecule has 0 bridgehead atoms. The van der Waals surface area contributed by atoms with E-state index in [0.717, 1.165) is 11.8 Å². The highest BCUT2D eigenvalue weighted by atomic mass is 79.9. The highest BCUT2D eigenvalue weighted by molar-refractivity contribution is 9.09. The van der Waals surface area contributed by atoms with E-state index < -0.39 is 10.0 Å². The molecule has 1 rings (SSSR count). The summed E-state index contributed by atoms with van der Waals surface area (Å²) in [5.41, 5.74) is 0.930. The Kier molecular flexibility index (Phi) is 5.62. The second-order valence-electron chi connectivity index (χ2n) is 3.46. The maximum atomic E-state index is 11.7. The first-order valence-electron chi connectivity index (χ1n) is 5.10. The third-order valence-corrected chi connectivity index (χ3v) is 4.01. The normalized spacial score (nSPS) is 11.1. The number of alkyl halides is 1. The average molecular weight is 317 g/mol. The molecule has 0 amide bonds. The van der Waals surface area contributed by atoms with Crippen LogP contribution in [0.15, 0.2) is 24.3 Å². The summed E-state index contributed by atoms with van der Waals surface area (Å²) in [6, 6.07) is 8.70. The van der Waals surface area contributed by atoms with Crippen molar-refractivity contribution >= 4 is 26.0 Å². The third kappa shape index (κ3) is 4.86. The number of rotatable bonds is 6. The van der Waals surface area contributed by atoms with Gasteiger partial charge in [0.05, 0.1) is 17.4 Å². The number of nitriles is 1. The van der Waals surface area contributed by atoms with Gasteiger partial charge in [0, 0.05) is 11.9 Å². The number of nitrogens with zero attached hydrogens (tertiary/aromatic N) is 1. The van der Waals surface area contributed by atoms with Gasteiger partial charge >= 0.3 is 0 Å². The number of hydrogen-bond acceptors (Lipinski definition) is 3. The van der Waals surface area contributed by atoms with E-state index in [2.05, 4.69) is 20.7 Å². The minimum Gasteiger partial charge on any atom is -0.215 e. The number of benzene rings is 1. The smallest absolute Gasteiger partial charge is 0.215 e. The van der Waals surface area contributed by atoms with Gasteiger partial charge in [0.15, 0.2) is 0 Å². The van der Waals surface area contributed by atoms with Crippen LogP contribution in [0.3, 0.4) is 0 Å². The van der Waals surface area contributed by atoms with Crippen molar-refractivity contribution in [3.63, 3.8) is 0 Å². The fraction of sp³-hybridized carbons (Fsp3) is 0.364. The lowest BCUT2D eigenvalue weighted by Gasteiger charge is -2.07. The van der Waals surface area contributed by atoms with Crippen LogP contribution in [0.4, 0.5) is 0 Å². The predicted octanol–water partition coefficient (Wildman–Crippen LogP) is 1.76. The Labute approximate surface area is 110 Å². The van der Waals surface area contributed by atoms with Gasteiger partial charge in [0.2, 0.25) is 10.0 Å². The van der Waals surface area contributed by atoms with Crippen molar-refractivity contribution in [2.45, 2.75) is 12.2 Å². The molecule has 1 aromatic carbocycles. The van der Waals surface area contributed by atoms with Crippen molar-refractivity contribution in [1.82, 2.24) is 4.72 Å². The van der Waals surface area contributed by atoms with Crippen LogP contribution in [-0.2, 0) is 15.8 Å². The number of nitrogens with one attached hydrogen (secondary N) is 1. The van der Waals surface area contributed by atoms with Crippen LogP contribution in [0.2, 0.25) is 0 Å². The molecule has 0 unspecified atom stereocenters. The van der Waals surface area contributed by atoms with E-state index in [1.807, 2.05) is 6.07 Å². The van der Waals surface area contributed by atoms with E-state index in [4.69, 9.17) is 5.26 Å². The summed E-state index contributed by atoms with van der Waals surface area (Å²) in [5.74, 6) is -0.154. The zero-order chi connectivity index (χ0) is 12.7. The quantitative estimate of drug-likeness (QED) is 0.642. The van der Waals surface area contributed by atoms with Crippen LogP contribution in [0, 0.1) is 11.3 Å². The van der Waals surface area contributed by atoms with Crippen molar-refractivity contribution in [2.24, 2.45) is 0 Å². The molecular formula is C11H13BrN2O2S. The summed E-state index contributed by atoms with van der Waals surface area (Å²) in [6.07, 6.45) is 0.735. The number of hydrogen-bond donors (Lipinski definition) is 1. The molecule has 0 saturated carbocycles. The van der Waals surface area contributed by atoms with E-state index in [9.17, 15) is 8.42 Å². The van der Waals surface area contributed by atoms with Gasteiger partial charge in [0.1, 0.15) is 0 Å². The molecule has 0 aliphatic rings. The van der Waals surface area contributed by atoms with Gasteiger partial charge in [-0.2, -0.15) is 5.26 Å². The third-order valence-electron chi connectivity index (χ3n) is 2.12. The van der Waals surface area contributed by atoms with E-state index >= 15 is 0 Å². The molecule has 0 radical (unpaired) electrons. The van der Waals surface area contributed by atoms with Crippen molar-refractivity contribution < 1.29 is 8.42 Å². The van der Waals surface area contributed by atoms with Crippen LogP contribution >= 0.6 is 15.9 Å². The average Bonchev–Trinajstić information content (AvgIpc) is 2.29. The second-order valence-corrected chi connectivity index (χ2v) is 6.06.